The Morgan fingerprint density at radius 2 is 2.10 bits per heavy atom. The van der Waals surface area contributed by atoms with Gasteiger partial charge in [0, 0.05) is 25.0 Å². The zero-order chi connectivity index (χ0) is 23.2. The summed E-state index contributed by atoms with van der Waals surface area (Å²) in [5.74, 6) is 0.708. The second kappa shape index (κ2) is 15.7. The lowest BCUT2D eigenvalue weighted by molar-refractivity contribution is 0.260. The Balaban J connectivity index is 0.000000316. The highest BCUT2D eigenvalue weighted by atomic mass is 35.5. The van der Waals surface area contributed by atoms with Gasteiger partial charge in [-0.25, -0.2) is 0 Å². The molecule has 0 saturated carbocycles. The molecule has 0 bridgehead atoms. The Labute approximate surface area is 198 Å². The number of nitrogens with two attached hydrogens (primary N) is 2. The van der Waals surface area contributed by atoms with Crippen molar-refractivity contribution in [3.63, 3.8) is 0 Å². The topological polar surface area (TPSA) is 87.5 Å². The number of hydrogen-bond acceptors (Lipinski definition) is 5. The van der Waals surface area contributed by atoms with E-state index in [2.05, 4.69) is 37.2 Å². The molecule has 0 aliphatic carbocycles. The molecule has 1 saturated heterocycles. The predicted octanol–water partition coefficient (Wildman–Crippen LogP) is 4.14. The fourth-order valence-corrected chi connectivity index (χ4v) is 4.40. The Morgan fingerprint density at radius 3 is 2.71 bits per heavy atom. The summed E-state index contributed by atoms with van der Waals surface area (Å²) >= 11 is 11.9. The minimum Gasteiger partial charge on any atom is -0.405 e. The molecule has 6 N–H and O–H groups in total. The van der Waals surface area contributed by atoms with Crippen LogP contribution in [0.5, 0.6) is 0 Å². The van der Waals surface area contributed by atoms with Crippen LogP contribution in [0.15, 0.2) is 42.1 Å². The van der Waals surface area contributed by atoms with Crippen LogP contribution in [-0.2, 0) is 0 Å². The predicted molar refractivity (Wildman–Crippen MR) is 135 cm³/mol. The molecule has 0 spiro atoms. The van der Waals surface area contributed by atoms with Gasteiger partial charge in [-0.2, -0.15) is 0 Å². The van der Waals surface area contributed by atoms with Crippen LogP contribution in [0.25, 0.3) is 0 Å². The van der Waals surface area contributed by atoms with E-state index in [-0.39, 0.29) is 12.5 Å². The molecule has 176 valence electrons. The van der Waals surface area contributed by atoms with E-state index in [0.717, 1.165) is 24.4 Å². The smallest absolute Gasteiger partial charge is 0.0627 e. The van der Waals surface area contributed by atoms with E-state index in [0.29, 0.717) is 29.1 Å². The molecule has 0 amide bonds. The van der Waals surface area contributed by atoms with Gasteiger partial charge in [0.25, 0.3) is 0 Å². The van der Waals surface area contributed by atoms with Crippen molar-refractivity contribution in [2.75, 3.05) is 39.8 Å². The van der Waals surface area contributed by atoms with Gasteiger partial charge < -0.3 is 26.8 Å². The summed E-state index contributed by atoms with van der Waals surface area (Å²) in [5, 5.41) is 13.9. The van der Waals surface area contributed by atoms with Gasteiger partial charge in [-0.05, 0) is 76.1 Å². The molecule has 31 heavy (non-hydrogen) atoms. The van der Waals surface area contributed by atoms with E-state index in [1.54, 1.807) is 12.3 Å². The molecular weight excluding hydrogens is 431 g/mol. The van der Waals surface area contributed by atoms with Crippen LogP contribution >= 0.6 is 23.2 Å². The Kier molecular flexibility index (Phi) is 14.1. The quantitative estimate of drug-likeness (QED) is 0.385. The van der Waals surface area contributed by atoms with Crippen molar-refractivity contribution in [3.8, 4) is 0 Å². The number of allylic oxidation sites excluding steroid dienone is 3. The molecule has 0 radical (unpaired) electrons. The van der Waals surface area contributed by atoms with E-state index < -0.39 is 0 Å². The molecule has 3 unspecified atom stereocenters. The number of likely N-dealkylation sites (N-methyl/N-ethyl adjacent to an activating group) is 1. The molecule has 1 aromatic carbocycles. The van der Waals surface area contributed by atoms with Crippen molar-refractivity contribution in [1.29, 1.82) is 0 Å². The fraction of sp³-hybridized carbons (Fsp3) is 0.583. The Bertz CT molecular complexity index is 696. The summed E-state index contributed by atoms with van der Waals surface area (Å²) < 4.78 is 0. The monoisotopic (exact) mass is 470 g/mol. The van der Waals surface area contributed by atoms with Gasteiger partial charge in [-0.15, -0.1) is 0 Å². The van der Waals surface area contributed by atoms with Crippen LogP contribution < -0.4 is 16.8 Å². The molecule has 1 fully saturated rings. The summed E-state index contributed by atoms with van der Waals surface area (Å²) in [6, 6.07) is 6.06. The summed E-state index contributed by atoms with van der Waals surface area (Å²) in [4.78, 5) is 2.42. The summed E-state index contributed by atoms with van der Waals surface area (Å²) in [7, 11) is 2.21. The second-order valence-electron chi connectivity index (χ2n) is 8.24. The zero-order valence-corrected chi connectivity index (χ0v) is 20.7. The van der Waals surface area contributed by atoms with Crippen molar-refractivity contribution in [1.82, 2.24) is 10.2 Å². The SMILES string of the molecule is CCCNC1CN(C)CC1C/C(C)=C/C=C\N.NCCC(CO)c1cccc(Cl)c1Cl. The first-order valence-corrected chi connectivity index (χ1v) is 11.8. The van der Waals surface area contributed by atoms with Crippen molar-refractivity contribution in [2.45, 2.75) is 45.1 Å². The van der Waals surface area contributed by atoms with Crippen molar-refractivity contribution < 1.29 is 5.11 Å². The number of benzene rings is 1. The Morgan fingerprint density at radius 1 is 1.35 bits per heavy atom. The number of halogens is 2. The van der Waals surface area contributed by atoms with Gasteiger partial charge in [-0.1, -0.05) is 53.9 Å². The van der Waals surface area contributed by atoms with Crippen LogP contribution in [0.1, 0.15) is 44.6 Å². The van der Waals surface area contributed by atoms with Crippen LogP contribution in [0.4, 0.5) is 0 Å². The molecule has 5 nitrogen and oxygen atoms in total. The van der Waals surface area contributed by atoms with Crippen LogP contribution in [0.2, 0.25) is 10.0 Å². The average molecular weight is 472 g/mol. The third-order valence-electron chi connectivity index (χ3n) is 5.51. The van der Waals surface area contributed by atoms with E-state index in [1.165, 1.54) is 25.1 Å². The first-order valence-electron chi connectivity index (χ1n) is 11.1. The van der Waals surface area contributed by atoms with Crippen molar-refractivity contribution in [2.24, 2.45) is 17.4 Å². The lowest BCUT2D eigenvalue weighted by Crippen LogP contribution is -2.36. The molecule has 1 heterocycles. The number of aliphatic hydroxyl groups excluding tert-OH is 1. The zero-order valence-electron chi connectivity index (χ0n) is 19.2. The highest BCUT2D eigenvalue weighted by Crippen LogP contribution is 2.32. The van der Waals surface area contributed by atoms with Crippen LogP contribution in [-0.4, -0.2) is 55.9 Å². The van der Waals surface area contributed by atoms with E-state index in [9.17, 15) is 0 Å². The molecule has 7 heteroatoms. The summed E-state index contributed by atoms with van der Waals surface area (Å²) in [5.41, 5.74) is 13.1. The number of nitrogens with one attached hydrogen (secondary N) is 1. The minimum absolute atomic E-state index is 0.0220. The van der Waals surface area contributed by atoms with Crippen molar-refractivity contribution >= 4 is 23.2 Å². The third-order valence-corrected chi connectivity index (χ3v) is 6.35. The lowest BCUT2D eigenvalue weighted by atomic mass is 9.95. The normalized spacial score (nSPS) is 20.7. The van der Waals surface area contributed by atoms with Gasteiger partial charge in [-0.3, -0.25) is 0 Å². The first-order chi connectivity index (χ1) is 14.9. The molecule has 3 atom stereocenters. The average Bonchev–Trinajstić information content (AvgIpc) is 3.10. The second-order valence-corrected chi connectivity index (χ2v) is 9.03. The maximum atomic E-state index is 9.17. The van der Waals surface area contributed by atoms with E-state index in [1.807, 2.05) is 18.2 Å². The van der Waals surface area contributed by atoms with Gasteiger partial charge >= 0.3 is 0 Å². The number of aliphatic hydroxyl groups is 1. The first kappa shape index (κ1) is 28.0. The number of hydrogen-bond donors (Lipinski definition) is 4. The standard InChI is InChI=1S/C14H27N3.C10H13Cl2NO/c1-4-8-16-14-11-17(3)10-13(14)9-12(2)6-5-7-15;11-9-3-1-2-8(10(9)12)7(6-14)4-5-13/h5-7,13-14,16H,4,8-11,15H2,1-3H3;1-3,7,14H,4-6,13H2/b7-5-,12-6+;. The molecular formula is C24H40Cl2N4O. The number of rotatable bonds is 10. The Hall–Kier alpha value is -1.08. The van der Waals surface area contributed by atoms with Gasteiger partial charge in [0.2, 0.25) is 0 Å². The highest BCUT2D eigenvalue weighted by molar-refractivity contribution is 6.42. The summed E-state index contributed by atoms with van der Waals surface area (Å²) in [6.45, 7) is 8.46. The van der Waals surface area contributed by atoms with Crippen molar-refractivity contribution in [3.05, 3.63) is 57.7 Å². The minimum atomic E-state index is -0.0220. The van der Waals surface area contributed by atoms with Crippen LogP contribution in [0.3, 0.4) is 0 Å². The molecule has 0 aromatic heterocycles. The molecule has 1 aliphatic heterocycles. The number of nitrogens with zero attached hydrogens (tertiary/aromatic N) is 1. The maximum absolute atomic E-state index is 9.17. The van der Waals surface area contributed by atoms with Crippen LogP contribution in [0, 0.1) is 5.92 Å². The maximum Gasteiger partial charge on any atom is 0.0627 e. The van der Waals surface area contributed by atoms with Gasteiger partial charge in [0.1, 0.15) is 0 Å². The number of likely N-dealkylation sites (tertiary alicyclic amines) is 1. The third kappa shape index (κ3) is 9.94. The summed E-state index contributed by atoms with van der Waals surface area (Å²) in [6.07, 6.45) is 8.71. The largest absolute Gasteiger partial charge is 0.405 e. The van der Waals surface area contributed by atoms with E-state index >= 15 is 0 Å². The molecule has 2 rings (SSSR count). The van der Waals surface area contributed by atoms with E-state index in [4.69, 9.17) is 39.8 Å². The highest BCUT2D eigenvalue weighted by Gasteiger charge is 2.29. The molecule has 1 aliphatic rings. The lowest BCUT2D eigenvalue weighted by Gasteiger charge is -2.19. The van der Waals surface area contributed by atoms with Gasteiger partial charge in [0.05, 0.1) is 16.7 Å². The van der Waals surface area contributed by atoms with Gasteiger partial charge in [0.15, 0.2) is 0 Å². The fourth-order valence-electron chi connectivity index (χ4n) is 3.94. The molecule has 1 aromatic rings.